The van der Waals surface area contributed by atoms with Crippen molar-refractivity contribution in [3.05, 3.63) is 24.0 Å². The monoisotopic (exact) mass is 223 g/mol. The van der Waals surface area contributed by atoms with Crippen LogP contribution in [0.25, 0.3) is 0 Å². The molecule has 0 fully saturated rings. The van der Waals surface area contributed by atoms with Crippen LogP contribution < -0.4 is 16.0 Å². The third-order valence-corrected chi connectivity index (χ3v) is 2.81. The van der Waals surface area contributed by atoms with E-state index in [2.05, 4.69) is 5.32 Å². The lowest BCUT2D eigenvalue weighted by molar-refractivity contribution is -0.117. The minimum absolute atomic E-state index is 0.133. The third-order valence-electron chi connectivity index (χ3n) is 2.81. The van der Waals surface area contributed by atoms with Gasteiger partial charge in [-0.15, -0.1) is 0 Å². The first kappa shape index (κ1) is 10.9. The van der Waals surface area contributed by atoms with Crippen LogP contribution in [0.15, 0.2) is 18.2 Å². The number of anilines is 2. The van der Waals surface area contributed by atoms with E-state index in [-0.39, 0.29) is 11.7 Å². The van der Waals surface area contributed by atoms with Crippen LogP contribution in [0.3, 0.4) is 0 Å². The first-order valence-electron chi connectivity index (χ1n) is 5.17. The largest absolute Gasteiger partial charge is 0.359 e. The van der Waals surface area contributed by atoms with Crippen LogP contribution in [-0.2, 0) is 4.79 Å². The highest BCUT2D eigenvalue weighted by atomic mass is 19.1. The molecule has 4 nitrogen and oxygen atoms in total. The Morgan fingerprint density at radius 3 is 3.00 bits per heavy atom. The number of rotatable bonds is 2. The average molecular weight is 223 g/mol. The number of likely N-dealkylation sites (N-methyl/N-ethyl adjacent to an activating group) is 1. The van der Waals surface area contributed by atoms with E-state index in [1.807, 2.05) is 0 Å². The van der Waals surface area contributed by atoms with Gasteiger partial charge in [0.2, 0.25) is 5.91 Å². The molecular formula is C11H14FN3O. The summed E-state index contributed by atoms with van der Waals surface area (Å²) in [4.78, 5) is 13.4. The Labute approximate surface area is 93.2 Å². The molecule has 1 atom stereocenters. The van der Waals surface area contributed by atoms with E-state index in [0.717, 1.165) is 0 Å². The second kappa shape index (κ2) is 4.09. The van der Waals surface area contributed by atoms with Crippen LogP contribution in [0.4, 0.5) is 15.8 Å². The first-order chi connectivity index (χ1) is 7.65. The zero-order chi connectivity index (χ0) is 11.7. The predicted octanol–water partition coefficient (Wildman–Crippen LogP) is 0.931. The molecule has 1 aliphatic rings. The number of halogens is 1. The van der Waals surface area contributed by atoms with Crippen LogP contribution in [0.2, 0.25) is 0 Å². The molecule has 0 aliphatic carbocycles. The quantitative estimate of drug-likeness (QED) is 0.784. The molecule has 3 N–H and O–H groups in total. The molecule has 1 aromatic carbocycles. The van der Waals surface area contributed by atoms with Crippen molar-refractivity contribution < 1.29 is 9.18 Å². The van der Waals surface area contributed by atoms with Gasteiger partial charge in [-0.3, -0.25) is 4.79 Å². The Hall–Kier alpha value is -1.62. The maximum Gasteiger partial charge on any atom is 0.247 e. The number of nitrogens with zero attached hydrogens (tertiary/aromatic N) is 1. The summed E-state index contributed by atoms with van der Waals surface area (Å²) in [5.41, 5.74) is 6.39. The number of hydrogen-bond acceptors (Lipinski definition) is 3. The van der Waals surface area contributed by atoms with E-state index in [1.165, 1.54) is 6.07 Å². The molecule has 0 saturated heterocycles. The number of hydrogen-bond donors (Lipinski definition) is 2. The number of nitrogens with two attached hydrogens (primary N) is 1. The second-order valence-electron chi connectivity index (χ2n) is 3.83. The van der Waals surface area contributed by atoms with Gasteiger partial charge in [0.25, 0.3) is 0 Å². The second-order valence-corrected chi connectivity index (χ2v) is 3.83. The molecule has 1 heterocycles. The molecule has 1 amide bonds. The summed E-state index contributed by atoms with van der Waals surface area (Å²) in [5, 5.41) is 2.69. The van der Waals surface area contributed by atoms with Gasteiger partial charge in [0.1, 0.15) is 11.9 Å². The van der Waals surface area contributed by atoms with Gasteiger partial charge in [0.05, 0.1) is 11.4 Å². The van der Waals surface area contributed by atoms with Crippen LogP contribution in [0.5, 0.6) is 0 Å². The van der Waals surface area contributed by atoms with Crippen LogP contribution in [-0.4, -0.2) is 25.5 Å². The highest BCUT2D eigenvalue weighted by molar-refractivity contribution is 6.03. The number of benzene rings is 1. The summed E-state index contributed by atoms with van der Waals surface area (Å²) >= 11 is 0. The van der Waals surface area contributed by atoms with Gasteiger partial charge in [-0.25, -0.2) is 4.39 Å². The van der Waals surface area contributed by atoms with Crippen LogP contribution >= 0.6 is 0 Å². The van der Waals surface area contributed by atoms with Crippen molar-refractivity contribution in [1.82, 2.24) is 0 Å². The molecule has 0 aromatic heterocycles. The first-order valence-corrected chi connectivity index (χ1v) is 5.17. The highest BCUT2D eigenvalue weighted by Gasteiger charge is 2.31. The van der Waals surface area contributed by atoms with Gasteiger partial charge in [-0.2, -0.15) is 0 Å². The van der Waals surface area contributed by atoms with E-state index < -0.39 is 6.04 Å². The van der Waals surface area contributed by atoms with Crippen molar-refractivity contribution in [2.24, 2.45) is 5.73 Å². The van der Waals surface area contributed by atoms with Crippen LogP contribution in [0, 0.1) is 5.82 Å². The van der Waals surface area contributed by atoms with Crippen molar-refractivity contribution in [1.29, 1.82) is 0 Å². The smallest absolute Gasteiger partial charge is 0.247 e. The SMILES string of the molecule is CN1c2c(F)cccc2NC(=O)C1CCN. The fraction of sp³-hybridized carbons (Fsp3) is 0.364. The number of carbonyl (C=O) groups excluding carboxylic acids is 1. The van der Waals surface area contributed by atoms with Gasteiger partial charge < -0.3 is 16.0 Å². The third kappa shape index (κ3) is 1.63. The fourth-order valence-corrected chi connectivity index (χ4v) is 2.01. The molecule has 86 valence electrons. The molecule has 0 spiro atoms. The topological polar surface area (TPSA) is 58.4 Å². The van der Waals surface area contributed by atoms with Gasteiger partial charge in [-0.05, 0) is 25.1 Å². The van der Waals surface area contributed by atoms with Gasteiger partial charge >= 0.3 is 0 Å². The van der Waals surface area contributed by atoms with Crippen LogP contribution in [0.1, 0.15) is 6.42 Å². The molecular weight excluding hydrogens is 209 g/mol. The summed E-state index contributed by atoms with van der Waals surface area (Å²) in [7, 11) is 1.71. The number of nitrogens with one attached hydrogen (secondary N) is 1. The molecule has 16 heavy (non-hydrogen) atoms. The van der Waals surface area contributed by atoms with E-state index >= 15 is 0 Å². The average Bonchev–Trinajstić information content (AvgIpc) is 2.24. The molecule has 1 aliphatic heterocycles. The van der Waals surface area contributed by atoms with Crippen molar-refractivity contribution in [2.75, 3.05) is 23.8 Å². The van der Waals surface area contributed by atoms with E-state index in [0.29, 0.717) is 24.3 Å². The van der Waals surface area contributed by atoms with E-state index in [4.69, 9.17) is 5.73 Å². The van der Waals surface area contributed by atoms with E-state index in [1.54, 1.807) is 24.1 Å². The molecule has 1 unspecified atom stereocenters. The molecule has 0 radical (unpaired) electrons. The normalized spacial score (nSPS) is 19.3. The Kier molecular flexibility index (Phi) is 2.78. The summed E-state index contributed by atoms with van der Waals surface area (Å²) in [6.07, 6.45) is 0.510. The number of carbonyl (C=O) groups is 1. The van der Waals surface area contributed by atoms with Crippen molar-refractivity contribution >= 4 is 17.3 Å². The molecule has 0 saturated carbocycles. The number of para-hydroxylation sites is 1. The molecule has 2 rings (SSSR count). The van der Waals surface area contributed by atoms with Crippen molar-refractivity contribution in [2.45, 2.75) is 12.5 Å². The lowest BCUT2D eigenvalue weighted by Crippen LogP contribution is -2.47. The zero-order valence-electron chi connectivity index (χ0n) is 9.03. The molecule has 5 heteroatoms. The summed E-state index contributed by atoms with van der Waals surface area (Å²) in [6, 6.07) is 4.25. The summed E-state index contributed by atoms with van der Waals surface area (Å²) in [5.74, 6) is -0.465. The number of fused-ring (bicyclic) bond motifs is 1. The Balaban J connectivity index is 2.42. The highest BCUT2D eigenvalue weighted by Crippen LogP contribution is 2.33. The van der Waals surface area contributed by atoms with Gasteiger partial charge in [0, 0.05) is 7.05 Å². The summed E-state index contributed by atoms with van der Waals surface area (Å²) < 4.78 is 13.6. The Morgan fingerprint density at radius 1 is 1.56 bits per heavy atom. The molecule has 0 bridgehead atoms. The minimum atomic E-state index is -0.394. The fourth-order valence-electron chi connectivity index (χ4n) is 2.01. The maximum atomic E-state index is 13.6. The predicted molar refractivity (Wildman–Crippen MR) is 60.9 cm³/mol. The standard InChI is InChI=1S/C11H14FN3O/c1-15-9(5-6-13)11(16)14-8-4-2-3-7(12)10(8)15/h2-4,9H,5-6,13H2,1H3,(H,14,16). The minimum Gasteiger partial charge on any atom is -0.359 e. The Bertz CT molecular complexity index is 422. The van der Waals surface area contributed by atoms with Crippen molar-refractivity contribution in [3.63, 3.8) is 0 Å². The van der Waals surface area contributed by atoms with Gasteiger partial charge in [0.15, 0.2) is 0 Å². The maximum absolute atomic E-state index is 13.6. The number of amides is 1. The lowest BCUT2D eigenvalue weighted by Gasteiger charge is -2.35. The lowest BCUT2D eigenvalue weighted by atomic mass is 10.1. The summed E-state index contributed by atoms with van der Waals surface area (Å²) in [6.45, 7) is 0.395. The zero-order valence-corrected chi connectivity index (χ0v) is 9.03. The van der Waals surface area contributed by atoms with E-state index in [9.17, 15) is 9.18 Å². The van der Waals surface area contributed by atoms with Crippen molar-refractivity contribution in [3.8, 4) is 0 Å². The van der Waals surface area contributed by atoms with Gasteiger partial charge in [-0.1, -0.05) is 6.07 Å². The molecule has 1 aromatic rings. The Morgan fingerprint density at radius 2 is 2.31 bits per heavy atom.